The number of alkyl halides is 52. The molecule has 0 heterocycles. The Hall–Kier alpha value is -4.24. The first-order valence-electron chi connectivity index (χ1n) is 19.9. The molecule has 0 aromatic carbocycles. The Bertz CT molecular complexity index is 2390. The molecule has 8 nitrogen and oxygen atoms in total. The van der Waals surface area contributed by atoms with Crippen molar-refractivity contribution >= 4 is 0 Å². The first-order valence-corrected chi connectivity index (χ1v) is 19.9. The van der Waals surface area contributed by atoms with E-state index in [1.807, 2.05) is 0 Å². The van der Waals surface area contributed by atoms with E-state index in [4.69, 9.17) is 0 Å². The molecule has 0 saturated heterocycles. The molecule has 64 heteroatoms. The molecule has 560 valence electrons. The second-order valence-electron chi connectivity index (χ2n) is 17.9. The highest BCUT2D eigenvalue weighted by atomic mass is 19.5. The van der Waals surface area contributed by atoms with Crippen LogP contribution < -0.4 is 0 Å². The summed E-state index contributed by atoms with van der Waals surface area (Å²) in [5, 5.41) is 0. The second-order valence-corrected chi connectivity index (χ2v) is 17.9. The zero-order valence-corrected chi connectivity index (χ0v) is 39.4. The second kappa shape index (κ2) is 20.2. The van der Waals surface area contributed by atoms with Gasteiger partial charge in [-0.05, 0) is 18.1 Å². The molecule has 0 aromatic heterocycles. The molecule has 94 heavy (non-hydrogen) atoms. The van der Waals surface area contributed by atoms with Gasteiger partial charge in [-0.25, -0.2) is 0 Å². The summed E-state index contributed by atoms with van der Waals surface area (Å²) < 4.78 is 835. The van der Waals surface area contributed by atoms with E-state index in [-0.39, 0.29) is 19.8 Å². The molecule has 0 N–H and O–H groups in total. The van der Waals surface area contributed by atoms with Gasteiger partial charge in [0.1, 0.15) is 0 Å². The van der Waals surface area contributed by atoms with Crippen molar-refractivity contribution < 1.29 is 285 Å². The Labute approximate surface area is 464 Å². The van der Waals surface area contributed by atoms with Gasteiger partial charge >= 0.3 is 155 Å². The fourth-order valence-electron chi connectivity index (χ4n) is 8.28. The summed E-state index contributed by atoms with van der Waals surface area (Å²) in [6.07, 6.45) is -80.9. The van der Waals surface area contributed by atoms with Crippen molar-refractivity contribution in [3.8, 4) is 0 Å². The van der Waals surface area contributed by atoms with Crippen LogP contribution in [0.25, 0.3) is 0 Å². The minimum absolute atomic E-state index is 0.209. The third-order valence-corrected chi connectivity index (χ3v) is 13.0. The molecule has 4 bridgehead atoms. The number of hydrogen-bond acceptors (Lipinski definition) is 8. The van der Waals surface area contributed by atoms with Crippen molar-refractivity contribution in [2.45, 2.75) is 178 Å². The summed E-state index contributed by atoms with van der Waals surface area (Å²) >= 11 is 0. The maximum atomic E-state index is 17.2. The van der Waals surface area contributed by atoms with Gasteiger partial charge < -0.3 is 0 Å². The van der Waals surface area contributed by atoms with Gasteiger partial charge in [-0.15, -0.1) is 19.8 Å². The highest BCUT2D eigenvalue weighted by molar-refractivity contribution is 5.56. The molecule has 4 unspecified atom stereocenters. The SMILES string of the molecule is FOC(F)(C(F)(F)OC12C(F)(F)C3(OC(F)(F)C(F)(OF)C(F)(F)C(F)(F)C(F)(F)F)C(F)(F)C(OC(F)(F)C(F)(OF)C(F)(F)C(F)(F)C(F)(F)F)(C1(F)F)C(F)(F)C(OC(F)(F)C(F)(OF)C(F)(F)C(F)(F)C(F)(F)F)(C2(F)F)C3(F)F)C(F)(F)C(F)(F)C(F)(F)F. The van der Waals surface area contributed by atoms with Crippen molar-refractivity contribution in [2.24, 2.45) is 0 Å². The van der Waals surface area contributed by atoms with E-state index in [1.165, 1.54) is 0 Å². The fraction of sp³-hybridized carbons (Fsp3) is 1.00. The lowest BCUT2D eigenvalue weighted by Crippen LogP contribution is -3.13. The van der Waals surface area contributed by atoms with E-state index < -0.39 is 178 Å². The van der Waals surface area contributed by atoms with E-state index in [0.29, 0.717) is 18.9 Å². The number of halogens is 56. The zero-order chi connectivity index (χ0) is 76.7. The van der Waals surface area contributed by atoms with E-state index in [1.54, 1.807) is 0 Å². The highest BCUT2D eigenvalue weighted by Gasteiger charge is 3.25. The lowest BCUT2D eigenvalue weighted by molar-refractivity contribution is -0.697. The van der Waals surface area contributed by atoms with Gasteiger partial charge in [0.2, 0.25) is 0 Å². The molecule has 4 fully saturated rings. The summed E-state index contributed by atoms with van der Waals surface area (Å²) in [7, 11) is 0. The molecule has 0 amide bonds. The number of rotatable bonds is 24. The lowest BCUT2D eigenvalue weighted by Gasteiger charge is -2.79. The average Bonchev–Trinajstić information content (AvgIpc) is 0.580. The average molecular weight is 1550 g/mol. The van der Waals surface area contributed by atoms with E-state index >= 15 is 105 Å². The number of hydrogen-bond donors (Lipinski definition) is 0. The Kier molecular flexibility index (Phi) is 18.1. The van der Waals surface area contributed by atoms with Gasteiger partial charge in [0, 0.05) is 0 Å². The van der Waals surface area contributed by atoms with Gasteiger partial charge in [-0.1, -0.05) is 0 Å². The Morgan fingerprint density at radius 3 is 0.330 bits per heavy atom. The third-order valence-electron chi connectivity index (χ3n) is 13.0. The molecule has 4 aliphatic rings. The predicted molar refractivity (Wildman–Crippen MR) is 153 cm³/mol. The van der Waals surface area contributed by atoms with Gasteiger partial charge in [0.15, 0.2) is 0 Å². The van der Waals surface area contributed by atoms with Crippen molar-refractivity contribution in [3.05, 3.63) is 0 Å². The molecular formula is C30F56O8. The van der Waals surface area contributed by atoms with Crippen LogP contribution in [-0.4, -0.2) is 178 Å². The molecular weight excluding hydrogens is 1550 g/mol. The van der Waals surface area contributed by atoms with Crippen LogP contribution in [0.3, 0.4) is 0 Å². The maximum Gasteiger partial charge on any atom is 0.460 e. The van der Waals surface area contributed by atoms with Crippen LogP contribution in [-0.2, 0) is 38.7 Å². The van der Waals surface area contributed by atoms with Crippen molar-refractivity contribution in [1.29, 1.82) is 0 Å². The topological polar surface area (TPSA) is 73.8 Å². The van der Waals surface area contributed by atoms with Crippen LogP contribution in [0.4, 0.5) is 246 Å². The summed E-state index contributed by atoms with van der Waals surface area (Å²) in [4.78, 5) is 0.835. The van der Waals surface area contributed by atoms with Gasteiger partial charge in [0.25, 0.3) is 22.4 Å². The monoisotopic (exact) mass is 1550 g/mol. The van der Waals surface area contributed by atoms with Crippen LogP contribution >= 0.6 is 0 Å². The summed E-state index contributed by atoms with van der Waals surface area (Å²) in [5.74, 6) is -193. The molecule has 4 saturated carbocycles. The Morgan fingerprint density at radius 2 is 0.255 bits per heavy atom. The van der Waals surface area contributed by atoms with E-state index in [9.17, 15) is 141 Å². The Balaban J connectivity index is 3.36. The first kappa shape index (κ1) is 84.0. The minimum atomic E-state index is -11.9. The predicted octanol–water partition coefficient (Wildman–Crippen LogP) is 16.8. The summed E-state index contributed by atoms with van der Waals surface area (Å²) in [6, 6.07) is 0. The molecule has 4 rings (SSSR count). The van der Waals surface area contributed by atoms with Crippen LogP contribution in [0.2, 0.25) is 0 Å². The number of ether oxygens (including phenoxy) is 4. The smallest absolute Gasteiger partial charge is 0.289 e. The van der Waals surface area contributed by atoms with Gasteiger partial charge in [-0.3, -0.25) is 18.9 Å². The third kappa shape index (κ3) is 8.20. The van der Waals surface area contributed by atoms with Crippen LogP contribution in [0.1, 0.15) is 0 Å². The lowest BCUT2D eigenvalue weighted by atomic mass is 9.38. The largest absolute Gasteiger partial charge is 0.460 e. The minimum Gasteiger partial charge on any atom is -0.289 e. The van der Waals surface area contributed by atoms with E-state index in [0.717, 1.165) is 0 Å². The summed E-state index contributed by atoms with van der Waals surface area (Å²) in [6.45, 7) is 0. The highest BCUT2D eigenvalue weighted by Crippen LogP contribution is 2.91. The van der Waals surface area contributed by atoms with E-state index in [2.05, 4.69) is 0 Å². The zero-order valence-electron chi connectivity index (χ0n) is 39.4. The molecule has 4 atom stereocenters. The Morgan fingerprint density at radius 1 is 0.160 bits per heavy atom. The molecule has 0 aliphatic heterocycles. The fourth-order valence-corrected chi connectivity index (χ4v) is 8.28. The first-order chi connectivity index (χ1) is 40.1. The summed E-state index contributed by atoms with van der Waals surface area (Å²) in [5.41, 5.74) is -47.8. The van der Waals surface area contributed by atoms with Crippen LogP contribution in [0, 0.1) is 0 Å². The molecule has 0 spiro atoms. The quantitative estimate of drug-likeness (QED) is 0.0885. The molecule has 0 radical (unpaired) electrons. The molecule has 4 aliphatic carbocycles. The van der Waals surface area contributed by atoms with Crippen molar-refractivity contribution in [3.63, 3.8) is 0 Å². The van der Waals surface area contributed by atoms with Gasteiger partial charge in [0.05, 0.1) is 0 Å². The standard InChI is InChI=1S/C30F56O8/c31-5(32)1(87-27(75,76)19(59,91-83)11(43,44)15(51,52)23(63,64)65)6(33,34)3(89-29(79,80)21(61,93-85)13(47,48)17(55,56)25(69,70)71)8(37,38)2(5,88-28(77,78)20(60,92-84)12(45,46)16(53,54)24(66,67)68)9(39,40)4(7(1,35)36,10(3,41)42)90-30(81,82)22(62,94-86)14(49,50)18(57,58)26(72,73)74. The maximum absolute atomic E-state index is 17.2. The van der Waals surface area contributed by atoms with Crippen molar-refractivity contribution in [2.75, 3.05) is 0 Å². The normalized spacial score (nSPS) is 29.4. The van der Waals surface area contributed by atoms with Gasteiger partial charge in [-0.2, -0.15) is 228 Å². The van der Waals surface area contributed by atoms with Crippen LogP contribution in [0.5, 0.6) is 0 Å². The molecule has 0 aromatic rings. The van der Waals surface area contributed by atoms with Crippen LogP contribution in [0.15, 0.2) is 0 Å². The van der Waals surface area contributed by atoms with Crippen molar-refractivity contribution in [1.82, 2.24) is 0 Å².